The molecule has 0 radical (unpaired) electrons. The van der Waals surface area contributed by atoms with E-state index in [4.69, 9.17) is 0 Å². The van der Waals surface area contributed by atoms with E-state index < -0.39 is 5.60 Å². The first-order valence-electron chi connectivity index (χ1n) is 6.75. The zero-order chi connectivity index (χ0) is 12.6. The quantitative estimate of drug-likeness (QED) is 0.827. The molecule has 1 aliphatic rings. The number of rotatable bonds is 1. The Hall–Kier alpha value is -1.41. The Morgan fingerprint density at radius 2 is 2.17 bits per heavy atom. The molecule has 2 aromatic rings. The van der Waals surface area contributed by atoms with Crippen molar-refractivity contribution >= 4 is 10.9 Å². The van der Waals surface area contributed by atoms with E-state index in [0.717, 1.165) is 35.7 Å². The van der Waals surface area contributed by atoms with E-state index >= 15 is 0 Å². The van der Waals surface area contributed by atoms with Crippen LogP contribution in [0.4, 0.5) is 0 Å². The number of aliphatic hydroxyl groups is 1. The molecule has 3 rings (SSSR count). The van der Waals surface area contributed by atoms with Crippen LogP contribution in [0.1, 0.15) is 38.2 Å². The van der Waals surface area contributed by atoms with Crippen LogP contribution >= 0.6 is 0 Å². The van der Waals surface area contributed by atoms with Gasteiger partial charge in [-0.1, -0.05) is 31.5 Å². The van der Waals surface area contributed by atoms with Gasteiger partial charge >= 0.3 is 0 Å². The Morgan fingerprint density at radius 3 is 3.00 bits per heavy atom. The van der Waals surface area contributed by atoms with Gasteiger partial charge in [0.2, 0.25) is 0 Å². The van der Waals surface area contributed by atoms with Crippen LogP contribution in [0.3, 0.4) is 0 Å². The lowest BCUT2D eigenvalue weighted by Crippen LogP contribution is -2.31. The molecule has 0 saturated heterocycles. The summed E-state index contributed by atoms with van der Waals surface area (Å²) in [6.45, 7) is 2.22. The van der Waals surface area contributed by atoms with Gasteiger partial charge in [0.1, 0.15) is 0 Å². The van der Waals surface area contributed by atoms with Crippen LogP contribution in [0.15, 0.2) is 36.5 Å². The molecule has 1 saturated carbocycles. The second-order valence-corrected chi connectivity index (χ2v) is 5.65. The first-order valence-corrected chi connectivity index (χ1v) is 6.75. The van der Waals surface area contributed by atoms with Gasteiger partial charge in [-0.2, -0.15) is 0 Å². The number of fused-ring (bicyclic) bond motifs is 1. The molecule has 2 heteroatoms. The van der Waals surface area contributed by atoms with Gasteiger partial charge in [0.15, 0.2) is 0 Å². The lowest BCUT2D eigenvalue weighted by atomic mass is 9.75. The molecule has 1 aromatic carbocycles. The minimum absolute atomic E-state index is 0.593. The van der Waals surface area contributed by atoms with E-state index in [1.54, 1.807) is 0 Å². The number of hydrogen-bond acceptors (Lipinski definition) is 2. The minimum atomic E-state index is -0.672. The van der Waals surface area contributed by atoms with Gasteiger partial charge in [-0.25, -0.2) is 0 Å². The number of aromatic nitrogens is 1. The summed E-state index contributed by atoms with van der Waals surface area (Å²) in [5.41, 5.74) is 1.30. The van der Waals surface area contributed by atoms with Crippen LogP contribution in [0.25, 0.3) is 10.9 Å². The second-order valence-electron chi connectivity index (χ2n) is 5.65. The Labute approximate surface area is 108 Å². The molecule has 0 aliphatic heterocycles. The fraction of sp³-hybridized carbons (Fsp3) is 0.438. The molecular formula is C16H19NO. The topological polar surface area (TPSA) is 33.1 Å². The molecule has 18 heavy (non-hydrogen) atoms. The average Bonchev–Trinajstić information content (AvgIpc) is 2.38. The van der Waals surface area contributed by atoms with E-state index in [1.165, 1.54) is 6.42 Å². The monoisotopic (exact) mass is 241 g/mol. The third-order valence-electron chi connectivity index (χ3n) is 4.10. The zero-order valence-corrected chi connectivity index (χ0v) is 10.8. The molecule has 94 valence electrons. The Bertz CT molecular complexity index is 566. The number of pyridine rings is 1. The van der Waals surface area contributed by atoms with Crippen molar-refractivity contribution in [1.82, 2.24) is 4.98 Å². The second kappa shape index (κ2) is 4.36. The molecule has 1 aliphatic carbocycles. The number of hydrogen-bond donors (Lipinski definition) is 1. The molecule has 1 aromatic heterocycles. The minimum Gasteiger partial charge on any atom is -0.385 e. The highest BCUT2D eigenvalue weighted by Crippen LogP contribution is 2.40. The van der Waals surface area contributed by atoms with Crippen molar-refractivity contribution in [3.8, 4) is 0 Å². The third kappa shape index (κ3) is 2.01. The molecule has 2 nitrogen and oxygen atoms in total. The fourth-order valence-corrected chi connectivity index (χ4v) is 3.11. The van der Waals surface area contributed by atoms with E-state index in [-0.39, 0.29) is 0 Å². The summed E-state index contributed by atoms with van der Waals surface area (Å²) in [6.07, 6.45) is 5.89. The maximum absolute atomic E-state index is 10.8. The SMILES string of the molecule is CC1CCCC(O)(c2cnc3ccccc3c2)C1. The maximum atomic E-state index is 10.8. The van der Waals surface area contributed by atoms with Crippen molar-refractivity contribution in [3.63, 3.8) is 0 Å². The fourth-order valence-electron chi connectivity index (χ4n) is 3.11. The lowest BCUT2D eigenvalue weighted by Gasteiger charge is -2.35. The highest BCUT2D eigenvalue weighted by Gasteiger charge is 2.34. The summed E-state index contributed by atoms with van der Waals surface area (Å²) in [5.74, 6) is 0.593. The molecule has 1 fully saturated rings. The average molecular weight is 241 g/mol. The molecule has 0 spiro atoms. The number of benzene rings is 1. The van der Waals surface area contributed by atoms with Gasteiger partial charge in [-0.3, -0.25) is 4.98 Å². The predicted octanol–water partition coefficient (Wildman–Crippen LogP) is 3.63. The van der Waals surface area contributed by atoms with Gasteiger partial charge in [-0.05, 0) is 37.3 Å². The predicted molar refractivity (Wildman–Crippen MR) is 73.3 cm³/mol. The van der Waals surface area contributed by atoms with E-state index in [1.807, 2.05) is 24.4 Å². The molecule has 1 N–H and O–H groups in total. The van der Waals surface area contributed by atoms with Crippen molar-refractivity contribution in [2.45, 2.75) is 38.2 Å². The van der Waals surface area contributed by atoms with Crippen LogP contribution in [0.5, 0.6) is 0 Å². The maximum Gasteiger partial charge on any atom is 0.0914 e. The van der Waals surface area contributed by atoms with Crippen molar-refractivity contribution in [2.24, 2.45) is 5.92 Å². The third-order valence-corrected chi connectivity index (χ3v) is 4.10. The summed E-state index contributed by atoms with van der Waals surface area (Å²) < 4.78 is 0. The van der Waals surface area contributed by atoms with Gasteiger partial charge in [0, 0.05) is 17.1 Å². The molecule has 2 atom stereocenters. The number of nitrogens with zero attached hydrogens (tertiary/aromatic N) is 1. The van der Waals surface area contributed by atoms with Crippen molar-refractivity contribution in [1.29, 1.82) is 0 Å². The first-order chi connectivity index (χ1) is 8.67. The number of para-hydroxylation sites is 1. The largest absolute Gasteiger partial charge is 0.385 e. The molecular weight excluding hydrogens is 222 g/mol. The molecule has 2 unspecified atom stereocenters. The highest BCUT2D eigenvalue weighted by molar-refractivity contribution is 5.78. The summed E-state index contributed by atoms with van der Waals surface area (Å²) in [7, 11) is 0. The van der Waals surface area contributed by atoms with Crippen LogP contribution in [-0.4, -0.2) is 10.1 Å². The summed E-state index contributed by atoms with van der Waals surface area (Å²) in [4.78, 5) is 4.47. The van der Waals surface area contributed by atoms with Crippen LogP contribution < -0.4 is 0 Å². The van der Waals surface area contributed by atoms with E-state index in [2.05, 4.69) is 24.0 Å². The van der Waals surface area contributed by atoms with Crippen molar-refractivity contribution < 1.29 is 5.11 Å². The molecule has 0 bridgehead atoms. The van der Waals surface area contributed by atoms with Gasteiger partial charge in [0.25, 0.3) is 0 Å². The standard InChI is InChI=1S/C16H19NO/c1-12-5-4-8-16(18,10-12)14-9-13-6-2-3-7-15(13)17-11-14/h2-3,6-7,9,11-12,18H,4-5,8,10H2,1H3. The first kappa shape index (κ1) is 11.7. The molecule has 1 heterocycles. The smallest absolute Gasteiger partial charge is 0.0914 e. The summed E-state index contributed by atoms with van der Waals surface area (Å²) >= 11 is 0. The zero-order valence-electron chi connectivity index (χ0n) is 10.8. The van der Waals surface area contributed by atoms with Gasteiger partial charge in [-0.15, -0.1) is 0 Å². The van der Waals surface area contributed by atoms with Crippen molar-refractivity contribution in [2.75, 3.05) is 0 Å². The lowest BCUT2D eigenvalue weighted by molar-refractivity contribution is -0.0180. The normalized spacial score (nSPS) is 28.4. The van der Waals surface area contributed by atoms with Crippen LogP contribution in [0.2, 0.25) is 0 Å². The van der Waals surface area contributed by atoms with Crippen LogP contribution in [0, 0.1) is 5.92 Å². The van der Waals surface area contributed by atoms with Gasteiger partial charge < -0.3 is 5.11 Å². The van der Waals surface area contributed by atoms with Crippen LogP contribution in [-0.2, 0) is 5.60 Å². The van der Waals surface area contributed by atoms with E-state index in [0.29, 0.717) is 5.92 Å². The Balaban J connectivity index is 2.02. The van der Waals surface area contributed by atoms with Gasteiger partial charge in [0.05, 0.1) is 11.1 Å². The van der Waals surface area contributed by atoms with Crippen molar-refractivity contribution in [3.05, 3.63) is 42.1 Å². The Morgan fingerprint density at radius 1 is 1.33 bits per heavy atom. The summed E-state index contributed by atoms with van der Waals surface area (Å²) in [5, 5.41) is 11.9. The highest BCUT2D eigenvalue weighted by atomic mass is 16.3. The summed E-state index contributed by atoms with van der Waals surface area (Å²) in [6, 6.07) is 10.2. The Kier molecular flexibility index (Phi) is 2.83. The molecule has 0 amide bonds. The van der Waals surface area contributed by atoms with E-state index in [9.17, 15) is 5.11 Å².